The lowest BCUT2D eigenvalue weighted by Crippen LogP contribution is -2.46. The van der Waals surface area contributed by atoms with Crippen molar-refractivity contribution in [2.75, 3.05) is 12.4 Å². The third-order valence-electron chi connectivity index (χ3n) is 4.80. The van der Waals surface area contributed by atoms with Crippen LogP contribution in [0.2, 0.25) is 0 Å². The van der Waals surface area contributed by atoms with Gasteiger partial charge in [0.15, 0.2) is 0 Å². The zero-order chi connectivity index (χ0) is 14.0. The number of carbonyl (C=O) groups excluding carboxylic acids is 1. The fourth-order valence-corrected chi connectivity index (χ4v) is 3.71. The van der Waals surface area contributed by atoms with Crippen molar-refractivity contribution in [2.45, 2.75) is 50.0 Å². The Balaban J connectivity index is 1.84. The van der Waals surface area contributed by atoms with Gasteiger partial charge >= 0.3 is 0 Å². The maximum Gasteiger partial charge on any atom is 0.233 e. The van der Waals surface area contributed by atoms with Gasteiger partial charge in [0.1, 0.15) is 0 Å². The van der Waals surface area contributed by atoms with Gasteiger partial charge in [-0.05, 0) is 31.2 Å². The normalized spacial score (nSPS) is 25.1. The van der Waals surface area contributed by atoms with E-state index in [1.165, 1.54) is 18.4 Å². The first-order valence-corrected chi connectivity index (χ1v) is 8.24. The summed E-state index contributed by atoms with van der Waals surface area (Å²) < 4.78 is 0. The zero-order valence-electron chi connectivity index (χ0n) is 11.9. The molecule has 3 rings (SSSR count). The number of alkyl halides is 1. The maximum atomic E-state index is 13.1. The number of nitrogens with zero attached hydrogens (tertiary/aromatic N) is 1. The lowest BCUT2D eigenvalue weighted by atomic mass is 9.93. The van der Waals surface area contributed by atoms with Gasteiger partial charge in [0, 0.05) is 18.5 Å². The molecular formula is C17H22ClNO. The number of amides is 1. The summed E-state index contributed by atoms with van der Waals surface area (Å²) in [5.74, 6) is 0.882. The van der Waals surface area contributed by atoms with Crippen LogP contribution < -0.4 is 0 Å². The molecule has 1 saturated carbocycles. The fraction of sp³-hybridized carbons (Fsp3) is 0.588. The lowest BCUT2D eigenvalue weighted by molar-refractivity contribution is -0.135. The SMILES string of the molecule is O=C(N1CCCCCC1CCl)C1(c2ccccc2)CC1. The molecule has 2 nitrogen and oxygen atoms in total. The second-order valence-corrected chi connectivity index (χ2v) is 6.41. The van der Waals surface area contributed by atoms with Crippen LogP contribution in [0.3, 0.4) is 0 Å². The van der Waals surface area contributed by atoms with Crippen LogP contribution in [0.4, 0.5) is 0 Å². The van der Waals surface area contributed by atoms with Crippen LogP contribution in [0.5, 0.6) is 0 Å². The van der Waals surface area contributed by atoms with Crippen molar-refractivity contribution in [3.63, 3.8) is 0 Å². The Morgan fingerprint density at radius 3 is 2.60 bits per heavy atom. The Labute approximate surface area is 126 Å². The molecular weight excluding hydrogens is 270 g/mol. The standard InChI is InChI=1S/C17H22ClNO/c18-13-15-9-5-2-6-12-19(15)16(20)17(10-11-17)14-7-3-1-4-8-14/h1,3-4,7-8,15H,2,5-6,9-13H2. The highest BCUT2D eigenvalue weighted by Gasteiger charge is 2.53. The van der Waals surface area contributed by atoms with Crippen LogP contribution in [-0.2, 0) is 10.2 Å². The van der Waals surface area contributed by atoms with E-state index < -0.39 is 0 Å². The topological polar surface area (TPSA) is 20.3 Å². The predicted octanol–water partition coefficient (Wildman–Crippen LogP) is 3.73. The van der Waals surface area contributed by atoms with Crippen molar-refractivity contribution in [3.8, 4) is 0 Å². The van der Waals surface area contributed by atoms with Gasteiger partial charge < -0.3 is 4.90 Å². The molecule has 1 saturated heterocycles. The van der Waals surface area contributed by atoms with E-state index in [0.717, 1.165) is 32.2 Å². The average molecular weight is 292 g/mol. The van der Waals surface area contributed by atoms with Crippen LogP contribution in [-0.4, -0.2) is 29.3 Å². The molecule has 3 heteroatoms. The largest absolute Gasteiger partial charge is 0.338 e. The van der Waals surface area contributed by atoms with Crippen LogP contribution in [0.1, 0.15) is 44.1 Å². The highest BCUT2D eigenvalue weighted by atomic mass is 35.5. The van der Waals surface area contributed by atoms with Gasteiger partial charge in [-0.3, -0.25) is 4.79 Å². The summed E-state index contributed by atoms with van der Waals surface area (Å²) in [5.41, 5.74) is 0.943. The molecule has 0 radical (unpaired) electrons. The zero-order valence-corrected chi connectivity index (χ0v) is 12.6. The maximum absolute atomic E-state index is 13.1. The third kappa shape index (κ3) is 2.46. The van der Waals surface area contributed by atoms with E-state index in [1.54, 1.807) is 0 Å². The van der Waals surface area contributed by atoms with Crippen LogP contribution >= 0.6 is 11.6 Å². The first-order chi connectivity index (χ1) is 9.78. The Morgan fingerprint density at radius 2 is 1.95 bits per heavy atom. The Bertz CT molecular complexity index is 469. The lowest BCUT2D eigenvalue weighted by Gasteiger charge is -2.32. The van der Waals surface area contributed by atoms with Crippen molar-refractivity contribution in [2.24, 2.45) is 0 Å². The molecule has 1 aliphatic heterocycles. The number of rotatable bonds is 3. The van der Waals surface area contributed by atoms with E-state index >= 15 is 0 Å². The van der Waals surface area contributed by atoms with E-state index in [2.05, 4.69) is 17.0 Å². The monoisotopic (exact) mass is 291 g/mol. The Kier molecular flexibility index (Phi) is 4.02. The predicted molar refractivity (Wildman–Crippen MR) is 82.0 cm³/mol. The molecule has 2 fully saturated rings. The van der Waals surface area contributed by atoms with Gasteiger partial charge in [-0.15, -0.1) is 11.6 Å². The number of hydrogen-bond acceptors (Lipinski definition) is 1. The van der Waals surface area contributed by atoms with Crippen LogP contribution in [0.25, 0.3) is 0 Å². The first kappa shape index (κ1) is 13.9. The van der Waals surface area contributed by atoms with Gasteiger partial charge in [0.05, 0.1) is 5.41 Å². The Morgan fingerprint density at radius 1 is 1.20 bits per heavy atom. The number of hydrogen-bond donors (Lipinski definition) is 0. The molecule has 2 aliphatic rings. The molecule has 1 amide bonds. The molecule has 1 unspecified atom stereocenters. The second-order valence-electron chi connectivity index (χ2n) is 6.10. The minimum absolute atomic E-state index is 0.229. The minimum atomic E-state index is -0.240. The van der Waals surface area contributed by atoms with Gasteiger partial charge in [-0.2, -0.15) is 0 Å². The molecule has 1 aliphatic carbocycles. The van der Waals surface area contributed by atoms with E-state index in [4.69, 9.17) is 11.6 Å². The minimum Gasteiger partial charge on any atom is -0.338 e. The highest BCUT2D eigenvalue weighted by Crippen LogP contribution is 2.50. The van der Waals surface area contributed by atoms with Crippen molar-refractivity contribution < 1.29 is 4.79 Å². The van der Waals surface area contributed by atoms with E-state index in [-0.39, 0.29) is 11.5 Å². The van der Waals surface area contributed by atoms with Gasteiger partial charge in [0.25, 0.3) is 0 Å². The third-order valence-corrected chi connectivity index (χ3v) is 5.16. The Hall–Kier alpha value is -1.02. The van der Waals surface area contributed by atoms with E-state index in [9.17, 15) is 4.79 Å². The molecule has 1 atom stereocenters. The molecule has 1 aromatic carbocycles. The van der Waals surface area contributed by atoms with Crippen LogP contribution in [0.15, 0.2) is 30.3 Å². The summed E-state index contributed by atoms with van der Waals surface area (Å²) in [6.07, 6.45) is 6.56. The van der Waals surface area contributed by atoms with Crippen molar-refractivity contribution in [3.05, 3.63) is 35.9 Å². The average Bonchev–Trinajstić information content (AvgIpc) is 3.32. The highest BCUT2D eigenvalue weighted by molar-refractivity contribution is 6.18. The summed E-state index contributed by atoms with van der Waals surface area (Å²) in [4.78, 5) is 15.2. The summed E-state index contributed by atoms with van der Waals surface area (Å²) >= 11 is 6.11. The van der Waals surface area contributed by atoms with Gasteiger partial charge in [-0.25, -0.2) is 0 Å². The second kappa shape index (κ2) is 5.77. The van der Waals surface area contributed by atoms with E-state index in [1.807, 2.05) is 18.2 Å². The van der Waals surface area contributed by atoms with Crippen molar-refractivity contribution >= 4 is 17.5 Å². The molecule has 108 valence electrons. The number of carbonyl (C=O) groups is 1. The summed E-state index contributed by atoms with van der Waals surface area (Å²) in [5, 5.41) is 0. The molecule has 0 bridgehead atoms. The first-order valence-electron chi connectivity index (χ1n) is 7.70. The number of benzene rings is 1. The van der Waals surface area contributed by atoms with Crippen molar-refractivity contribution in [1.29, 1.82) is 0 Å². The number of halogens is 1. The fourth-order valence-electron chi connectivity index (χ4n) is 3.39. The molecule has 1 heterocycles. The summed E-state index contributed by atoms with van der Waals surface area (Å²) in [6.45, 7) is 0.880. The quantitative estimate of drug-likeness (QED) is 0.777. The van der Waals surface area contributed by atoms with Gasteiger partial charge in [-0.1, -0.05) is 43.2 Å². The van der Waals surface area contributed by atoms with E-state index in [0.29, 0.717) is 11.8 Å². The molecule has 20 heavy (non-hydrogen) atoms. The van der Waals surface area contributed by atoms with Gasteiger partial charge in [0.2, 0.25) is 5.91 Å². The van der Waals surface area contributed by atoms with Crippen molar-refractivity contribution in [1.82, 2.24) is 4.90 Å². The number of likely N-dealkylation sites (tertiary alicyclic amines) is 1. The molecule has 1 aromatic rings. The molecule has 0 spiro atoms. The summed E-state index contributed by atoms with van der Waals surface area (Å²) in [6, 6.07) is 10.5. The van der Waals surface area contributed by atoms with Crippen LogP contribution in [0, 0.1) is 0 Å². The molecule has 0 aromatic heterocycles. The molecule has 0 N–H and O–H groups in total. The smallest absolute Gasteiger partial charge is 0.233 e. The summed E-state index contributed by atoms with van der Waals surface area (Å²) in [7, 11) is 0.